The number of benzene rings is 2. The highest BCUT2D eigenvalue weighted by molar-refractivity contribution is 6.02. The Morgan fingerprint density at radius 1 is 1.34 bits per heavy atom. The molecule has 0 radical (unpaired) electrons. The van der Waals surface area contributed by atoms with E-state index in [-0.39, 0.29) is 17.5 Å². The van der Waals surface area contributed by atoms with Gasteiger partial charge in [-0.3, -0.25) is 4.79 Å². The molecule has 0 saturated carbocycles. The van der Waals surface area contributed by atoms with Gasteiger partial charge in [0.1, 0.15) is 17.4 Å². The molecule has 1 unspecified atom stereocenters. The van der Waals surface area contributed by atoms with Crippen LogP contribution < -0.4 is 10.1 Å². The molecule has 1 amide bonds. The maximum absolute atomic E-state index is 12.7. The fraction of sp³-hybridized carbons (Fsp3) is 0.174. The third kappa shape index (κ3) is 3.76. The van der Waals surface area contributed by atoms with Crippen molar-refractivity contribution in [2.75, 3.05) is 7.11 Å². The number of hydrogen-bond donors (Lipinski definition) is 1. The van der Waals surface area contributed by atoms with Crippen LogP contribution in [0.3, 0.4) is 0 Å². The van der Waals surface area contributed by atoms with Crippen LogP contribution in [0.2, 0.25) is 0 Å². The van der Waals surface area contributed by atoms with Crippen LogP contribution in [0.25, 0.3) is 11.8 Å². The van der Waals surface area contributed by atoms with Gasteiger partial charge in [-0.25, -0.2) is 4.98 Å². The van der Waals surface area contributed by atoms with Crippen molar-refractivity contribution < 1.29 is 9.53 Å². The Kier molecular flexibility index (Phi) is 5.12. The second kappa shape index (κ2) is 8.03. The van der Waals surface area contributed by atoms with Crippen molar-refractivity contribution in [3.05, 3.63) is 83.4 Å². The highest BCUT2D eigenvalue weighted by Crippen LogP contribution is 2.31. The van der Waals surface area contributed by atoms with E-state index in [0.29, 0.717) is 11.3 Å². The van der Waals surface area contributed by atoms with E-state index in [4.69, 9.17) is 4.74 Å². The molecule has 1 heterocycles. The quantitative estimate of drug-likeness (QED) is 0.538. The van der Waals surface area contributed by atoms with Crippen molar-refractivity contribution in [1.82, 2.24) is 14.9 Å². The highest BCUT2D eigenvalue weighted by atomic mass is 16.5. The van der Waals surface area contributed by atoms with E-state index in [0.717, 1.165) is 24.1 Å². The summed E-state index contributed by atoms with van der Waals surface area (Å²) in [5, 5.41) is 12.5. The van der Waals surface area contributed by atoms with Gasteiger partial charge in [-0.1, -0.05) is 30.3 Å². The second-order valence-electron chi connectivity index (χ2n) is 6.83. The molecular weight excluding hydrogens is 364 g/mol. The van der Waals surface area contributed by atoms with Crippen molar-refractivity contribution in [1.29, 1.82) is 5.26 Å². The molecule has 6 heteroatoms. The van der Waals surface area contributed by atoms with E-state index < -0.39 is 0 Å². The summed E-state index contributed by atoms with van der Waals surface area (Å²) in [6.45, 7) is 0. The summed E-state index contributed by atoms with van der Waals surface area (Å²) in [4.78, 5) is 16.8. The molecule has 1 aliphatic rings. The van der Waals surface area contributed by atoms with Crippen LogP contribution in [-0.2, 0) is 11.2 Å². The predicted molar refractivity (Wildman–Crippen MR) is 109 cm³/mol. The molecule has 0 fully saturated rings. The van der Waals surface area contributed by atoms with Gasteiger partial charge in [0.05, 0.1) is 25.2 Å². The first-order valence-corrected chi connectivity index (χ1v) is 9.36. The first kappa shape index (κ1) is 18.5. The van der Waals surface area contributed by atoms with Crippen molar-refractivity contribution in [3.63, 3.8) is 0 Å². The van der Waals surface area contributed by atoms with Crippen LogP contribution in [0, 0.1) is 11.3 Å². The van der Waals surface area contributed by atoms with Crippen LogP contribution in [-0.4, -0.2) is 22.6 Å². The lowest BCUT2D eigenvalue weighted by atomic mass is 10.1. The van der Waals surface area contributed by atoms with Crippen LogP contribution in [0.1, 0.15) is 29.2 Å². The van der Waals surface area contributed by atoms with Crippen LogP contribution >= 0.6 is 0 Å². The molecule has 1 aromatic heterocycles. The van der Waals surface area contributed by atoms with Gasteiger partial charge < -0.3 is 14.6 Å². The molecule has 0 spiro atoms. The maximum Gasteiger partial charge on any atom is 0.262 e. The van der Waals surface area contributed by atoms with Gasteiger partial charge in [-0.2, -0.15) is 5.26 Å². The largest absolute Gasteiger partial charge is 0.495 e. The number of ether oxygens (including phenoxy) is 1. The van der Waals surface area contributed by atoms with E-state index in [1.165, 1.54) is 5.56 Å². The summed E-state index contributed by atoms with van der Waals surface area (Å²) in [6, 6.07) is 15.5. The Hall–Kier alpha value is -3.85. The third-order valence-electron chi connectivity index (χ3n) is 5.10. The average molecular weight is 384 g/mol. The molecule has 1 atom stereocenters. The molecule has 6 nitrogen and oxygen atoms in total. The van der Waals surface area contributed by atoms with Gasteiger partial charge in [-0.05, 0) is 47.7 Å². The van der Waals surface area contributed by atoms with Gasteiger partial charge >= 0.3 is 0 Å². The normalized spacial score (nSPS) is 15.4. The minimum absolute atomic E-state index is 0.0615. The first-order valence-electron chi connectivity index (χ1n) is 9.36. The number of imidazole rings is 1. The molecule has 0 aliphatic heterocycles. The number of nitriles is 1. The van der Waals surface area contributed by atoms with Crippen molar-refractivity contribution in [3.8, 4) is 17.5 Å². The Bertz CT molecular complexity index is 1110. The van der Waals surface area contributed by atoms with Gasteiger partial charge in [0.2, 0.25) is 0 Å². The lowest BCUT2D eigenvalue weighted by Crippen LogP contribution is -2.28. The Morgan fingerprint density at radius 3 is 2.97 bits per heavy atom. The van der Waals surface area contributed by atoms with Crippen molar-refractivity contribution in [2.45, 2.75) is 18.9 Å². The predicted octanol–water partition coefficient (Wildman–Crippen LogP) is 3.59. The zero-order valence-corrected chi connectivity index (χ0v) is 16.0. The zero-order chi connectivity index (χ0) is 20.2. The number of rotatable bonds is 5. The summed E-state index contributed by atoms with van der Waals surface area (Å²) in [5.74, 6) is 0.256. The minimum Gasteiger partial charge on any atom is -0.495 e. The topological polar surface area (TPSA) is 79.9 Å². The van der Waals surface area contributed by atoms with E-state index in [9.17, 15) is 10.1 Å². The molecule has 1 aliphatic carbocycles. The van der Waals surface area contributed by atoms with Gasteiger partial charge in [0.25, 0.3) is 5.91 Å². The summed E-state index contributed by atoms with van der Waals surface area (Å²) in [5.41, 5.74) is 3.98. The van der Waals surface area contributed by atoms with Gasteiger partial charge in [-0.15, -0.1) is 0 Å². The number of carbonyl (C=O) groups is 1. The molecule has 2 aromatic carbocycles. The Balaban J connectivity index is 1.56. The van der Waals surface area contributed by atoms with Crippen LogP contribution in [0.4, 0.5) is 0 Å². The number of hydrogen-bond acceptors (Lipinski definition) is 4. The van der Waals surface area contributed by atoms with E-state index in [1.54, 1.807) is 31.8 Å². The molecule has 0 bridgehead atoms. The fourth-order valence-electron chi connectivity index (χ4n) is 3.66. The number of aromatic nitrogens is 2. The van der Waals surface area contributed by atoms with Crippen LogP contribution in [0.5, 0.6) is 5.75 Å². The first-order chi connectivity index (χ1) is 14.2. The molecule has 3 aromatic rings. The number of fused-ring (bicyclic) bond motifs is 1. The summed E-state index contributed by atoms with van der Waals surface area (Å²) in [6.07, 6.45) is 8.54. The van der Waals surface area contributed by atoms with Gasteiger partial charge in [0, 0.05) is 12.4 Å². The lowest BCUT2D eigenvalue weighted by Gasteiger charge is -2.14. The number of amides is 1. The molecule has 4 rings (SSSR count). The number of nitrogens with one attached hydrogen (secondary N) is 1. The third-order valence-corrected chi connectivity index (χ3v) is 5.10. The minimum atomic E-state index is -0.369. The second-order valence-corrected chi connectivity index (χ2v) is 6.83. The molecule has 144 valence electrons. The molecule has 0 saturated heterocycles. The lowest BCUT2D eigenvalue weighted by molar-refractivity contribution is -0.117. The molecular formula is C23H20N4O2. The highest BCUT2D eigenvalue weighted by Gasteiger charge is 2.24. The number of aryl methyl sites for hydroxylation is 1. The smallest absolute Gasteiger partial charge is 0.262 e. The van der Waals surface area contributed by atoms with Crippen molar-refractivity contribution >= 4 is 12.0 Å². The summed E-state index contributed by atoms with van der Waals surface area (Å²) < 4.78 is 7.31. The Morgan fingerprint density at radius 2 is 2.21 bits per heavy atom. The molecule has 29 heavy (non-hydrogen) atoms. The SMILES string of the molecule is COc1cc(/C=C(\C#N)C(=O)NC2CCc3ccccc32)ccc1-n1ccnc1. The van der Waals surface area contributed by atoms with E-state index in [2.05, 4.69) is 16.4 Å². The van der Waals surface area contributed by atoms with E-state index in [1.807, 2.05) is 47.2 Å². The van der Waals surface area contributed by atoms with Crippen molar-refractivity contribution in [2.24, 2.45) is 0 Å². The zero-order valence-electron chi connectivity index (χ0n) is 16.0. The van der Waals surface area contributed by atoms with Gasteiger partial charge in [0.15, 0.2) is 0 Å². The summed E-state index contributed by atoms with van der Waals surface area (Å²) >= 11 is 0. The van der Waals surface area contributed by atoms with Crippen LogP contribution in [0.15, 0.2) is 66.8 Å². The maximum atomic E-state index is 12.7. The fourth-order valence-corrected chi connectivity index (χ4v) is 3.66. The monoisotopic (exact) mass is 384 g/mol. The number of nitrogens with zero attached hydrogens (tertiary/aromatic N) is 3. The number of carbonyl (C=O) groups excluding carboxylic acids is 1. The summed E-state index contributed by atoms with van der Waals surface area (Å²) in [7, 11) is 1.58. The standard InChI is InChI=1S/C23H20N4O2/c1-29-22-13-16(6-9-21(22)27-11-10-25-15-27)12-18(14-24)23(28)26-20-8-7-17-4-2-3-5-19(17)20/h2-6,9-13,15,20H,7-8H2,1H3,(H,26,28)/b18-12+. The Labute approximate surface area is 169 Å². The average Bonchev–Trinajstić information content (AvgIpc) is 3.42. The number of methoxy groups -OCH3 is 1. The van der Waals surface area contributed by atoms with E-state index >= 15 is 0 Å². The molecule has 1 N–H and O–H groups in total.